The Morgan fingerprint density at radius 3 is 2.93 bits per heavy atom. The van der Waals surface area contributed by atoms with Crippen molar-refractivity contribution in [3.63, 3.8) is 0 Å². The molecular weight excluding hydrogens is 186 g/mol. The van der Waals surface area contributed by atoms with Gasteiger partial charge in [-0.3, -0.25) is 0 Å². The minimum Gasteiger partial charge on any atom is -0.465 e. The van der Waals surface area contributed by atoms with Crippen LogP contribution in [0.4, 0.5) is 0 Å². The zero-order valence-electron chi connectivity index (χ0n) is 9.75. The van der Waals surface area contributed by atoms with E-state index < -0.39 is 0 Å². The minimum atomic E-state index is 0.709. The van der Waals surface area contributed by atoms with Gasteiger partial charge in [-0.05, 0) is 37.8 Å². The van der Waals surface area contributed by atoms with E-state index in [1.807, 2.05) is 13.0 Å². The molecule has 2 nitrogen and oxygen atoms in total. The molecule has 1 heterocycles. The Bertz CT molecular complexity index is 305. The number of hydrogen-bond acceptors (Lipinski definition) is 2. The lowest BCUT2D eigenvalue weighted by atomic mass is 10.0. The lowest BCUT2D eigenvalue weighted by Crippen LogP contribution is -2.31. The average molecular weight is 207 g/mol. The molecule has 2 unspecified atom stereocenters. The van der Waals surface area contributed by atoms with Crippen LogP contribution in [0.5, 0.6) is 0 Å². The fraction of sp³-hybridized carbons (Fsp3) is 0.692. The standard InChI is InChI=1S/C13H21NO/c1-3-11-5-4-6-13(11)14-9-12-8-7-10(2)15-12/h7-8,11,13-14H,3-6,9H2,1-2H3. The van der Waals surface area contributed by atoms with Gasteiger partial charge in [-0.2, -0.15) is 0 Å². The summed E-state index contributed by atoms with van der Waals surface area (Å²) < 4.78 is 5.55. The van der Waals surface area contributed by atoms with Crippen LogP contribution in [0.1, 0.15) is 44.1 Å². The van der Waals surface area contributed by atoms with E-state index in [1.54, 1.807) is 0 Å². The first kappa shape index (κ1) is 10.7. The summed E-state index contributed by atoms with van der Waals surface area (Å²) in [5.41, 5.74) is 0. The van der Waals surface area contributed by atoms with Gasteiger partial charge in [0.05, 0.1) is 6.54 Å². The maximum Gasteiger partial charge on any atom is 0.117 e. The van der Waals surface area contributed by atoms with Crippen molar-refractivity contribution in [2.24, 2.45) is 5.92 Å². The first-order valence-corrected chi connectivity index (χ1v) is 6.08. The SMILES string of the molecule is CCC1CCCC1NCc1ccc(C)o1. The van der Waals surface area contributed by atoms with Crippen molar-refractivity contribution < 1.29 is 4.42 Å². The molecule has 1 aromatic rings. The van der Waals surface area contributed by atoms with Crippen molar-refractivity contribution >= 4 is 0 Å². The van der Waals surface area contributed by atoms with Gasteiger partial charge >= 0.3 is 0 Å². The summed E-state index contributed by atoms with van der Waals surface area (Å²) in [6.07, 6.45) is 5.41. The van der Waals surface area contributed by atoms with Crippen LogP contribution in [0.25, 0.3) is 0 Å². The van der Waals surface area contributed by atoms with Crippen LogP contribution < -0.4 is 5.32 Å². The third-order valence-corrected chi connectivity index (χ3v) is 3.52. The summed E-state index contributed by atoms with van der Waals surface area (Å²) in [6.45, 7) is 5.17. The number of nitrogens with one attached hydrogen (secondary N) is 1. The molecule has 0 aliphatic heterocycles. The van der Waals surface area contributed by atoms with Crippen LogP contribution in [0.2, 0.25) is 0 Å². The molecule has 0 bridgehead atoms. The monoisotopic (exact) mass is 207 g/mol. The van der Waals surface area contributed by atoms with Gasteiger partial charge in [0.2, 0.25) is 0 Å². The lowest BCUT2D eigenvalue weighted by molar-refractivity contribution is 0.367. The molecule has 2 heteroatoms. The maximum absolute atomic E-state index is 5.55. The lowest BCUT2D eigenvalue weighted by Gasteiger charge is -2.18. The van der Waals surface area contributed by atoms with Gasteiger partial charge in [-0.15, -0.1) is 0 Å². The summed E-state index contributed by atoms with van der Waals surface area (Å²) in [5.74, 6) is 2.94. The highest BCUT2D eigenvalue weighted by atomic mass is 16.3. The second-order valence-corrected chi connectivity index (χ2v) is 4.60. The van der Waals surface area contributed by atoms with Crippen molar-refractivity contribution in [2.75, 3.05) is 0 Å². The summed E-state index contributed by atoms with van der Waals surface area (Å²) in [5, 5.41) is 3.62. The van der Waals surface area contributed by atoms with Gasteiger partial charge in [-0.25, -0.2) is 0 Å². The van der Waals surface area contributed by atoms with Crippen molar-refractivity contribution in [1.29, 1.82) is 0 Å². The first-order chi connectivity index (χ1) is 7.29. The van der Waals surface area contributed by atoms with Crippen molar-refractivity contribution in [3.05, 3.63) is 23.7 Å². The number of furan rings is 1. The quantitative estimate of drug-likeness (QED) is 0.819. The second-order valence-electron chi connectivity index (χ2n) is 4.60. The van der Waals surface area contributed by atoms with E-state index in [4.69, 9.17) is 4.42 Å². The Balaban J connectivity index is 1.82. The molecule has 1 N–H and O–H groups in total. The van der Waals surface area contributed by atoms with Crippen molar-refractivity contribution in [3.8, 4) is 0 Å². The molecule has 2 atom stereocenters. The molecule has 1 fully saturated rings. The van der Waals surface area contributed by atoms with Crippen LogP contribution in [-0.2, 0) is 6.54 Å². The Morgan fingerprint density at radius 2 is 2.27 bits per heavy atom. The predicted molar refractivity (Wildman–Crippen MR) is 61.7 cm³/mol. The molecule has 2 rings (SSSR count). The molecule has 1 aliphatic rings. The van der Waals surface area contributed by atoms with Gasteiger partial charge in [0.25, 0.3) is 0 Å². The molecule has 0 saturated heterocycles. The van der Waals surface area contributed by atoms with E-state index in [1.165, 1.54) is 25.7 Å². The second kappa shape index (κ2) is 4.84. The van der Waals surface area contributed by atoms with Crippen LogP contribution in [-0.4, -0.2) is 6.04 Å². The third kappa shape index (κ3) is 2.63. The van der Waals surface area contributed by atoms with Crippen molar-refractivity contribution in [1.82, 2.24) is 5.32 Å². The Kier molecular flexibility index (Phi) is 3.47. The highest BCUT2D eigenvalue weighted by molar-refractivity contribution is 5.05. The van der Waals surface area contributed by atoms with E-state index in [2.05, 4.69) is 18.3 Å². The van der Waals surface area contributed by atoms with Crippen molar-refractivity contribution in [2.45, 2.75) is 52.1 Å². The van der Waals surface area contributed by atoms with E-state index >= 15 is 0 Å². The highest BCUT2D eigenvalue weighted by Gasteiger charge is 2.25. The molecule has 0 radical (unpaired) electrons. The molecule has 0 aromatic carbocycles. The number of hydrogen-bond donors (Lipinski definition) is 1. The van der Waals surface area contributed by atoms with E-state index in [0.717, 1.165) is 24.0 Å². The van der Waals surface area contributed by atoms with E-state index in [9.17, 15) is 0 Å². The molecule has 0 spiro atoms. The molecule has 1 aliphatic carbocycles. The topological polar surface area (TPSA) is 25.2 Å². The Morgan fingerprint density at radius 1 is 1.40 bits per heavy atom. The number of aryl methyl sites for hydroxylation is 1. The number of rotatable bonds is 4. The van der Waals surface area contributed by atoms with Gasteiger partial charge in [0, 0.05) is 6.04 Å². The largest absolute Gasteiger partial charge is 0.465 e. The Labute approximate surface area is 92.1 Å². The molecule has 1 saturated carbocycles. The summed E-state index contributed by atoms with van der Waals surface area (Å²) >= 11 is 0. The predicted octanol–water partition coefficient (Wildman–Crippen LogP) is 3.26. The van der Waals surface area contributed by atoms with E-state index in [0.29, 0.717) is 6.04 Å². The Hall–Kier alpha value is -0.760. The zero-order valence-corrected chi connectivity index (χ0v) is 9.75. The van der Waals surface area contributed by atoms with Gasteiger partial charge in [0.1, 0.15) is 11.5 Å². The van der Waals surface area contributed by atoms with Crippen LogP contribution in [0, 0.1) is 12.8 Å². The molecule has 84 valence electrons. The summed E-state index contributed by atoms with van der Waals surface area (Å²) in [4.78, 5) is 0. The third-order valence-electron chi connectivity index (χ3n) is 3.52. The van der Waals surface area contributed by atoms with Gasteiger partial charge in [0.15, 0.2) is 0 Å². The summed E-state index contributed by atoms with van der Waals surface area (Å²) in [6, 6.07) is 4.81. The molecular formula is C13H21NO. The fourth-order valence-electron chi connectivity index (χ4n) is 2.61. The van der Waals surface area contributed by atoms with Crippen LogP contribution in [0.3, 0.4) is 0 Å². The molecule has 15 heavy (non-hydrogen) atoms. The summed E-state index contributed by atoms with van der Waals surface area (Å²) in [7, 11) is 0. The normalized spacial score (nSPS) is 26.0. The van der Waals surface area contributed by atoms with Crippen LogP contribution in [0.15, 0.2) is 16.5 Å². The van der Waals surface area contributed by atoms with Gasteiger partial charge < -0.3 is 9.73 Å². The van der Waals surface area contributed by atoms with Crippen LogP contribution >= 0.6 is 0 Å². The maximum atomic E-state index is 5.55. The smallest absolute Gasteiger partial charge is 0.117 e. The highest BCUT2D eigenvalue weighted by Crippen LogP contribution is 2.28. The molecule has 0 amide bonds. The zero-order chi connectivity index (χ0) is 10.7. The fourth-order valence-corrected chi connectivity index (χ4v) is 2.61. The minimum absolute atomic E-state index is 0.709. The van der Waals surface area contributed by atoms with Gasteiger partial charge in [-0.1, -0.05) is 19.8 Å². The van der Waals surface area contributed by atoms with E-state index in [-0.39, 0.29) is 0 Å². The first-order valence-electron chi connectivity index (χ1n) is 6.08. The average Bonchev–Trinajstić information content (AvgIpc) is 2.83. The molecule has 1 aromatic heterocycles.